The molecule has 0 saturated carbocycles. The summed E-state index contributed by atoms with van der Waals surface area (Å²) >= 11 is 0. The average Bonchev–Trinajstić information content (AvgIpc) is 2.33. The molecule has 1 rings (SSSR count). The van der Waals surface area contributed by atoms with E-state index in [1.165, 1.54) is 0 Å². The molecule has 4 N–H and O–H groups in total. The summed E-state index contributed by atoms with van der Waals surface area (Å²) in [5.74, 6) is -0.881. The van der Waals surface area contributed by atoms with Crippen molar-refractivity contribution in [2.75, 3.05) is 5.32 Å². The summed E-state index contributed by atoms with van der Waals surface area (Å²) < 4.78 is 5.16. The van der Waals surface area contributed by atoms with Crippen LogP contribution in [0.2, 0.25) is 0 Å². The maximum Gasteiger partial charge on any atom is 0.412 e. The Morgan fingerprint density at radius 2 is 2.05 bits per heavy atom. The molecule has 6 nitrogen and oxygen atoms in total. The van der Waals surface area contributed by atoms with Crippen molar-refractivity contribution < 1.29 is 19.4 Å². The normalized spacial score (nSPS) is 12.6. The number of hydrogen-bond donors (Lipinski definition) is 3. The highest BCUT2D eigenvalue weighted by Gasteiger charge is 2.16. The average molecular weight is 294 g/mol. The number of benzene rings is 1. The number of ether oxygens (including phenoxy) is 1. The molecule has 0 aliphatic heterocycles. The minimum atomic E-state index is -0.881. The van der Waals surface area contributed by atoms with Crippen LogP contribution in [0.3, 0.4) is 0 Å². The van der Waals surface area contributed by atoms with Crippen LogP contribution < -0.4 is 11.1 Å². The summed E-state index contributed by atoms with van der Waals surface area (Å²) in [4.78, 5) is 22.2. The molecule has 6 heteroatoms. The number of nitrogens with two attached hydrogens (primary N) is 1. The van der Waals surface area contributed by atoms with Crippen molar-refractivity contribution in [3.8, 4) is 0 Å². The van der Waals surface area contributed by atoms with Crippen molar-refractivity contribution in [2.45, 2.75) is 45.3 Å². The van der Waals surface area contributed by atoms with Crippen molar-refractivity contribution in [1.29, 1.82) is 0 Å². The van der Waals surface area contributed by atoms with E-state index < -0.39 is 17.7 Å². The van der Waals surface area contributed by atoms with Crippen LogP contribution in [0, 0.1) is 0 Å². The number of carboxylic acids is 1. The van der Waals surface area contributed by atoms with Gasteiger partial charge in [-0.3, -0.25) is 10.1 Å². The van der Waals surface area contributed by atoms with E-state index in [0.29, 0.717) is 12.1 Å². The van der Waals surface area contributed by atoms with E-state index in [9.17, 15) is 9.59 Å². The van der Waals surface area contributed by atoms with Crippen molar-refractivity contribution in [3.05, 3.63) is 29.8 Å². The van der Waals surface area contributed by atoms with Crippen LogP contribution in [0.5, 0.6) is 0 Å². The van der Waals surface area contributed by atoms with Crippen molar-refractivity contribution in [2.24, 2.45) is 5.73 Å². The summed E-state index contributed by atoms with van der Waals surface area (Å²) in [6.45, 7) is 5.35. The van der Waals surface area contributed by atoms with Crippen LogP contribution in [-0.4, -0.2) is 22.8 Å². The van der Waals surface area contributed by atoms with Gasteiger partial charge < -0.3 is 15.6 Å². The number of amides is 1. The second-order valence-corrected chi connectivity index (χ2v) is 5.79. The first-order valence-corrected chi connectivity index (χ1v) is 6.75. The van der Waals surface area contributed by atoms with Gasteiger partial charge in [-0.25, -0.2) is 4.79 Å². The molecule has 21 heavy (non-hydrogen) atoms. The second-order valence-electron chi connectivity index (χ2n) is 5.79. The van der Waals surface area contributed by atoms with Crippen LogP contribution in [0.4, 0.5) is 10.5 Å². The minimum Gasteiger partial charge on any atom is -0.481 e. The van der Waals surface area contributed by atoms with Gasteiger partial charge >= 0.3 is 12.1 Å². The Morgan fingerprint density at radius 1 is 1.38 bits per heavy atom. The molecule has 0 aliphatic rings. The Balaban J connectivity index is 2.67. The third kappa shape index (κ3) is 6.76. The van der Waals surface area contributed by atoms with Gasteiger partial charge in [-0.1, -0.05) is 12.1 Å². The van der Waals surface area contributed by atoms with Gasteiger partial charge in [-0.15, -0.1) is 0 Å². The molecule has 1 amide bonds. The first-order chi connectivity index (χ1) is 9.67. The fraction of sp³-hybridized carbons (Fsp3) is 0.467. The van der Waals surface area contributed by atoms with Gasteiger partial charge in [-0.2, -0.15) is 0 Å². The van der Waals surface area contributed by atoms with Crippen LogP contribution in [0.15, 0.2) is 24.3 Å². The lowest BCUT2D eigenvalue weighted by molar-refractivity contribution is -0.137. The number of hydrogen-bond acceptors (Lipinski definition) is 4. The number of carbonyl (C=O) groups is 2. The Labute approximate surface area is 124 Å². The first-order valence-electron chi connectivity index (χ1n) is 6.75. The monoisotopic (exact) mass is 294 g/mol. The zero-order chi connectivity index (χ0) is 16.0. The van der Waals surface area contributed by atoms with Gasteiger partial charge in [0, 0.05) is 18.2 Å². The van der Waals surface area contributed by atoms with Gasteiger partial charge in [0.05, 0.1) is 0 Å². The van der Waals surface area contributed by atoms with Gasteiger partial charge in [0.25, 0.3) is 0 Å². The molecule has 0 aromatic heterocycles. The summed E-state index contributed by atoms with van der Waals surface area (Å²) in [6, 6.07) is 6.60. The fourth-order valence-corrected chi connectivity index (χ4v) is 1.71. The smallest absolute Gasteiger partial charge is 0.412 e. The standard InChI is InChI=1S/C15H22N2O4/c1-15(2,3)21-14(20)17-11-6-4-5-10(9-11)12(16)7-8-13(18)19/h4-6,9,12H,7-8,16H2,1-3H3,(H,17,20)(H,18,19). The van der Waals surface area contributed by atoms with E-state index in [1.54, 1.807) is 45.0 Å². The number of nitrogens with one attached hydrogen (secondary N) is 1. The molecule has 0 spiro atoms. The van der Waals surface area contributed by atoms with E-state index in [1.807, 2.05) is 0 Å². The number of carboxylic acid groups (broad SMARTS) is 1. The maximum atomic E-state index is 11.7. The van der Waals surface area contributed by atoms with E-state index in [-0.39, 0.29) is 12.5 Å². The molecule has 1 aromatic carbocycles. The molecule has 1 unspecified atom stereocenters. The Kier molecular flexibility index (Phi) is 5.72. The minimum absolute atomic E-state index is 0.00485. The highest BCUT2D eigenvalue weighted by molar-refractivity contribution is 5.84. The highest BCUT2D eigenvalue weighted by Crippen LogP contribution is 2.20. The summed E-state index contributed by atoms with van der Waals surface area (Å²) in [5.41, 5.74) is 6.70. The van der Waals surface area contributed by atoms with Crippen LogP contribution in [0.1, 0.15) is 45.2 Å². The zero-order valence-electron chi connectivity index (χ0n) is 12.6. The predicted octanol–water partition coefficient (Wildman–Crippen LogP) is 2.90. The zero-order valence-corrected chi connectivity index (χ0v) is 12.6. The number of rotatable bonds is 5. The Bertz CT molecular complexity index is 509. The number of aliphatic carboxylic acids is 1. The van der Waals surface area contributed by atoms with E-state index in [2.05, 4.69) is 5.32 Å². The van der Waals surface area contributed by atoms with Gasteiger partial charge in [0.2, 0.25) is 0 Å². The van der Waals surface area contributed by atoms with Gasteiger partial charge in [0.1, 0.15) is 5.60 Å². The molecule has 0 fully saturated rings. The Morgan fingerprint density at radius 3 is 2.62 bits per heavy atom. The lowest BCUT2D eigenvalue weighted by atomic mass is 10.0. The maximum absolute atomic E-state index is 11.7. The van der Waals surface area contributed by atoms with E-state index in [4.69, 9.17) is 15.6 Å². The highest BCUT2D eigenvalue weighted by atomic mass is 16.6. The van der Waals surface area contributed by atoms with Crippen LogP contribution in [0.25, 0.3) is 0 Å². The molecule has 0 saturated heterocycles. The fourth-order valence-electron chi connectivity index (χ4n) is 1.71. The van der Waals surface area contributed by atoms with E-state index >= 15 is 0 Å². The molecule has 116 valence electrons. The third-order valence-electron chi connectivity index (χ3n) is 2.63. The number of carbonyl (C=O) groups excluding carboxylic acids is 1. The summed E-state index contributed by atoms with van der Waals surface area (Å²) in [5, 5.41) is 11.3. The van der Waals surface area contributed by atoms with Crippen molar-refractivity contribution >= 4 is 17.7 Å². The van der Waals surface area contributed by atoms with Crippen molar-refractivity contribution in [1.82, 2.24) is 0 Å². The number of anilines is 1. The summed E-state index contributed by atoms with van der Waals surface area (Å²) in [6.07, 6.45) is -0.199. The predicted molar refractivity (Wildman–Crippen MR) is 80.1 cm³/mol. The molecule has 1 aromatic rings. The molecular formula is C15H22N2O4. The topological polar surface area (TPSA) is 102 Å². The van der Waals surface area contributed by atoms with Gasteiger partial charge in [-0.05, 0) is 44.9 Å². The second kappa shape index (κ2) is 7.08. The molecule has 1 atom stereocenters. The quantitative estimate of drug-likeness (QED) is 0.775. The largest absolute Gasteiger partial charge is 0.481 e. The molecule has 0 bridgehead atoms. The van der Waals surface area contributed by atoms with Crippen LogP contribution >= 0.6 is 0 Å². The lowest BCUT2D eigenvalue weighted by Crippen LogP contribution is -2.27. The molecule has 0 heterocycles. The SMILES string of the molecule is CC(C)(C)OC(=O)Nc1cccc(C(N)CCC(=O)O)c1. The first kappa shape index (κ1) is 17.0. The third-order valence-corrected chi connectivity index (χ3v) is 2.63. The van der Waals surface area contributed by atoms with Gasteiger partial charge in [0.15, 0.2) is 0 Å². The lowest BCUT2D eigenvalue weighted by Gasteiger charge is -2.20. The molecule has 0 aliphatic carbocycles. The molecule has 0 radical (unpaired) electrons. The molecular weight excluding hydrogens is 272 g/mol. The van der Waals surface area contributed by atoms with Crippen molar-refractivity contribution in [3.63, 3.8) is 0 Å². The van der Waals surface area contributed by atoms with Crippen LogP contribution in [-0.2, 0) is 9.53 Å². The summed E-state index contributed by atoms with van der Waals surface area (Å²) in [7, 11) is 0. The van der Waals surface area contributed by atoms with E-state index in [0.717, 1.165) is 5.56 Å². The Hall–Kier alpha value is -2.08.